The summed E-state index contributed by atoms with van der Waals surface area (Å²) in [6.45, 7) is 6.29. The fraction of sp³-hybridized carbons (Fsp3) is 0.316. The van der Waals surface area contributed by atoms with Gasteiger partial charge in [-0.3, -0.25) is 4.79 Å². The molecule has 0 saturated carbocycles. The third-order valence-corrected chi connectivity index (χ3v) is 4.74. The molecule has 130 valence electrons. The lowest BCUT2D eigenvalue weighted by Gasteiger charge is -2.36. The Kier molecular flexibility index (Phi) is 5.34. The van der Waals surface area contributed by atoms with E-state index in [2.05, 4.69) is 23.0 Å². The van der Waals surface area contributed by atoms with Crippen LogP contribution in [0.2, 0.25) is 5.02 Å². The minimum atomic E-state index is -0.103. The average Bonchev–Trinajstić information content (AvgIpc) is 3.06. The minimum Gasteiger partial charge on any atom is -0.327 e. The number of benzene rings is 1. The Morgan fingerprint density at radius 1 is 1.44 bits per heavy atom. The molecule has 1 aromatic carbocycles. The molecule has 1 aliphatic rings. The first-order valence-electron chi connectivity index (χ1n) is 8.34. The van der Waals surface area contributed by atoms with Crippen LogP contribution >= 0.6 is 11.6 Å². The molecule has 1 amide bonds. The average molecular weight is 357 g/mol. The lowest BCUT2D eigenvalue weighted by molar-refractivity contribution is 0.0616. The molecule has 2 aromatic rings. The Morgan fingerprint density at radius 2 is 2.24 bits per heavy atom. The zero-order valence-electron chi connectivity index (χ0n) is 14.2. The van der Waals surface area contributed by atoms with Crippen LogP contribution in [0.4, 0.5) is 0 Å². The van der Waals surface area contributed by atoms with E-state index in [1.165, 1.54) is 0 Å². The van der Waals surface area contributed by atoms with Gasteiger partial charge in [0.25, 0.3) is 5.91 Å². The Hall–Kier alpha value is -2.40. The molecule has 25 heavy (non-hydrogen) atoms. The zero-order chi connectivity index (χ0) is 17.8. The van der Waals surface area contributed by atoms with Gasteiger partial charge in [-0.15, -0.1) is 11.7 Å². The maximum Gasteiger partial charge on any atom is 0.276 e. The van der Waals surface area contributed by atoms with Gasteiger partial charge in [0.1, 0.15) is 0 Å². The highest BCUT2D eigenvalue weighted by molar-refractivity contribution is 6.31. The highest BCUT2D eigenvalue weighted by atomic mass is 35.5. The maximum absolute atomic E-state index is 12.9. The largest absolute Gasteiger partial charge is 0.327 e. The Morgan fingerprint density at radius 3 is 3.00 bits per heavy atom. The molecule has 0 unspecified atom stereocenters. The number of amides is 1. The second-order valence-electron chi connectivity index (χ2n) is 6.19. The SMILES string of the molecule is C=CC[C@@H]1CC=C[C@@H](C)N1C(=O)c1cn(Cc2ccccc2Cl)nn1. The van der Waals surface area contributed by atoms with Gasteiger partial charge in [0.15, 0.2) is 5.69 Å². The Bertz CT molecular complexity index is 798. The minimum absolute atomic E-state index is 0.0277. The number of carbonyl (C=O) groups excluding carboxylic acids is 1. The van der Waals surface area contributed by atoms with E-state index in [9.17, 15) is 4.79 Å². The predicted molar refractivity (Wildman–Crippen MR) is 98.6 cm³/mol. The predicted octanol–water partition coefficient (Wildman–Crippen LogP) is 3.72. The fourth-order valence-electron chi connectivity index (χ4n) is 3.13. The lowest BCUT2D eigenvalue weighted by Crippen LogP contribution is -2.47. The first-order chi connectivity index (χ1) is 12.1. The van der Waals surface area contributed by atoms with Gasteiger partial charge in [-0.05, 0) is 31.4 Å². The number of carbonyl (C=O) groups is 1. The number of hydrogen-bond donors (Lipinski definition) is 0. The molecule has 1 aliphatic heterocycles. The quantitative estimate of drug-likeness (QED) is 0.767. The van der Waals surface area contributed by atoms with E-state index in [0.717, 1.165) is 18.4 Å². The van der Waals surface area contributed by atoms with Crippen LogP contribution in [0.15, 0.2) is 55.3 Å². The van der Waals surface area contributed by atoms with Crippen LogP contribution in [0.1, 0.15) is 35.8 Å². The highest BCUT2D eigenvalue weighted by Crippen LogP contribution is 2.22. The molecule has 0 saturated heterocycles. The third kappa shape index (κ3) is 3.82. The van der Waals surface area contributed by atoms with Crippen LogP contribution < -0.4 is 0 Å². The molecule has 6 heteroatoms. The van der Waals surface area contributed by atoms with Gasteiger partial charge in [0.05, 0.1) is 12.7 Å². The van der Waals surface area contributed by atoms with E-state index in [1.54, 1.807) is 10.9 Å². The second kappa shape index (κ2) is 7.66. The summed E-state index contributed by atoms with van der Waals surface area (Å²) in [7, 11) is 0. The summed E-state index contributed by atoms with van der Waals surface area (Å²) in [4.78, 5) is 14.8. The first-order valence-corrected chi connectivity index (χ1v) is 8.71. The van der Waals surface area contributed by atoms with Gasteiger partial charge in [-0.25, -0.2) is 4.68 Å². The van der Waals surface area contributed by atoms with Crippen molar-refractivity contribution < 1.29 is 4.79 Å². The van der Waals surface area contributed by atoms with Crippen LogP contribution in [0.25, 0.3) is 0 Å². The molecule has 5 nitrogen and oxygen atoms in total. The molecule has 0 aliphatic carbocycles. The molecular weight excluding hydrogens is 336 g/mol. The Balaban J connectivity index is 1.79. The van der Waals surface area contributed by atoms with E-state index in [4.69, 9.17) is 11.6 Å². The van der Waals surface area contributed by atoms with E-state index < -0.39 is 0 Å². The summed E-state index contributed by atoms with van der Waals surface area (Å²) < 4.78 is 1.64. The van der Waals surface area contributed by atoms with Crippen LogP contribution in [-0.2, 0) is 6.54 Å². The van der Waals surface area contributed by atoms with Gasteiger partial charge >= 0.3 is 0 Å². The first kappa shape index (κ1) is 17.4. The van der Waals surface area contributed by atoms with Crippen molar-refractivity contribution in [3.63, 3.8) is 0 Å². The summed E-state index contributed by atoms with van der Waals surface area (Å²) in [6.07, 6.45) is 9.29. The van der Waals surface area contributed by atoms with Crippen molar-refractivity contribution in [1.82, 2.24) is 19.9 Å². The van der Waals surface area contributed by atoms with Gasteiger partial charge in [-0.1, -0.05) is 53.2 Å². The molecule has 2 atom stereocenters. The fourth-order valence-corrected chi connectivity index (χ4v) is 3.33. The molecule has 2 heterocycles. The van der Waals surface area contributed by atoms with Gasteiger partial charge < -0.3 is 4.90 Å². The normalized spacial score (nSPS) is 19.8. The monoisotopic (exact) mass is 356 g/mol. The number of aromatic nitrogens is 3. The molecule has 0 bridgehead atoms. The standard InChI is InChI=1S/C19H21ClN4O/c1-3-7-16-10-6-8-14(2)24(16)19(25)18-13-23(22-21-18)12-15-9-4-5-11-17(15)20/h3-6,8-9,11,13-14,16H,1,7,10,12H2,2H3/t14-,16-/m1/s1. The van der Waals surface area contributed by atoms with Crippen molar-refractivity contribution in [2.24, 2.45) is 0 Å². The zero-order valence-corrected chi connectivity index (χ0v) is 14.9. The van der Waals surface area contributed by atoms with Crippen molar-refractivity contribution in [3.05, 3.63) is 71.5 Å². The summed E-state index contributed by atoms with van der Waals surface area (Å²) in [5.41, 5.74) is 1.29. The van der Waals surface area contributed by atoms with Crippen molar-refractivity contribution in [2.45, 2.75) is 38.4 Å². The summed E-state index contributed by atoms with van der Waals surface area (Å²) >= 11 is 6.18. The number of rotatable bonds is 5. The van der Waals surface area contributed by atoms with Gasteiger partial charge in [0, 0.05) is 17.1 Å². The van der Waals surface area contributed by atoms with Crippen molar-refractivity contribution in [1.29, 1.82) is 0 Å². The van der Waals surface area contributed by atoms with Crippen LogP contribution in [0.3, 0.4) is 0 Å². The van der Waals surface area contributed by atoms with Crippen molar-refractivity contribution in [3.8, 4) is 0 Å². The van der Waals surface area contributed by atoms with Crippen molar-refractivity contribution in [2.75, 3.05) is 0 Å². The molecular formula is C19H21ClN4O. The van der Waals surface area contributed by atoms with E-state index in [1.807, 2.05) is 48.2 Å². The van der Waals surface area contributed by atoms with Gasteiger partial charge in [-0.2, -0.15) is 0 Å². The van der Waals surface area contributed by atoms with Crippen LogP contribution in [-0.4, -0.2) is 37.9 Å². The number of nitrogens with zero attached hydrogens (tertiary/aromatic N) is 4. The van der Waals surface area contributed by atoms with E-state index in [0.29, 0.717) is 17.3 Å². The maximum atomic E-state index is 12.9. The summed E-state index contributed by atoms with van der Waals surface area (Å²) in [5.74, 6) is -0.103. The number of halogens is 1. The topological polar surface area (TPSA) is 51.0 Å². The molecule has 0 spiro atoms. The summed E-state index contributed by atoms with van der Waals surface area (Å²) in [6, 6.07) is 7.71. The molecule has 1 aromatic heterocycles. The molecule has 0 fully saturated rings. The smallest absolute Gasteiger partial charge is 0.276 e. The molecule has 0 radical (unpaired) electrons. The highest BCUT2D eigenvalue weighted by Gasteiger charge is 2.30. The van der Waals surface area contributed by atoms with Crippen LogP contribution in [0.5, 0.6) is 0 Å². The van der Waals surface area contributed by atoms with E-state index >= 15 is 0 Å². The molecule has 3 rings (SSSR count). The second-order valence-corrected chi connectivity index (χ2v) is 6.60. The van der Waals surface area contributed by atoms with Gasteiger partial charge in [0.2, 0.25) is 0 Å². The third-order valence-electron chi connectivity index (χ3n) is 4.38. The number of hydrogen-bond acceptors (Lipinski definition) is 3. The summed E-state index contributed by atoms with van der Waals surface area (Å²) in [5, 5.41) is 8.83. The van der Waals surface area contributed by atoms with Crippen LogP contribution in [0, 0.1) is 0 Å². The van der Waals surface area contributed by atoms with E-state index in [-0.39, 0.29) is 18.0 Å². The molecule has 0 N–H and O–H groups in total. The van der Waals surface area contributed by atoms with Crippen molar-refractivity contribution >= 4 is 17.5 Å². The Labute approximate surface area is 152 Å². The lowest BCUT2D eigenvalue weighted by atomic mass is 10.00.